The molecule has 4 N–H and O–H groups in total. The molecule has 2 heterocycles. The number of hydrogen-bond donors (Lipinski definition) is 4. The van der Waals surface area contributed by atoms with Crippen LogP contribution in [0, 0.1) is 0 Å². The molecule has 1 aromatic rings. The third kappa shape index (κ3) is 8.60. The van der Waals surface area contributed by atoms with Gasteiger partial charge in [0.2, 0.25) is 0 Å². The van der Waals surface area contributed by atoms with Crippen LogP contribution in [0.2, 0.25) is 5.02 Å². The van der Waals surface area contributed by atoms with Crippen molar-refractivity contribution in [1.29, 1.82) is 0 Å². The number of aromatic nitrogens is 2. The first-order chi connectivity index (χ1) is 18.8. The minimum Gasteiger partial charge on any atom is -0.462 e. The fraction of sp³-hybridized carbons (Fsp3) is 0.727. The second-order valence-electron chi connectivity index (χ2n) is 9.79. The Morgan fingerprint density at radius 1 is 1.15 bits per heavy atom. The van der Waals surface area contributed by atoms with E-state index in [1.165, 1.54) is 13.8 Å². The molecule has 1 aromatic heterocycles. The molecule has 0 aromatic carbocycles. The number of alkyl halides is 3. The molecule has 0 spiro atoms. The van der Waals surface area contributed by atoms with Gasteiger partial charge in [-0.2, -0.15) is 0 Å². The van der Waals surface area contributed by atoms with Gasteiger partial charge >= 0.3 is 17.6 Å². The second-order valence-corrected chi connectivity index (χ2v) is 13.6. The van der Waals surface area contributed by atoms with E-state index in [-0.39, 0.29) is 0 Å². The number of H-pyrrole nitrogens is 1. The quantitative estimate of drug-likeness (QED) is 0.179. The number of halogens is 4. The van der Waals surface area contributed by atoms with Gasteiger partial charge in [0.25, 0.3) is 12.0 Å². The zero-order valence-corrected chi connectivity index (χ0v) is 25.4. The number of aromatic amines is 1. The van der Waals surface area contributed by atoms with E-state index in [1.54, 1.807) is 32.7 Å². The standard InChI is InChI=1S/C22H33ClF3N4O9PS/c1-9(2)37-18(33)11(5)28-40(41,29-12(6)19(34)38-10(3)4)36-8-22(20(25)26)15(31)14(24)17(39-22)30-7-13(23)16(32)27-21(30)35/h7,9-12,14-15,17,20,31H,8H2,1-6H3,(H,27,32,35)(H2,28,29,41)/t11-,12-,14-,15-,17+,22+/m0/s1. The molecule has 0 bridgehead atoms. The maximum Gasteiger partial charge on any atom is 0.330 e. The summed E-state index contributed by atoms with van der Waals surface area (Å²) in [6.45, 7) is 3.91. The van der Waals surface area contributed by atoms with Gasteiger partial charge in [0.15, 0.2) is 24.6 Å². The number of aliphatic hydroxyl groups excluding tert-OH is 1. The van der Waals surface area contributed by atoms with Gasteiger partial charge in [-0.1, -0.05) is 11.6 Å². The summed E-state index contributed by atoms with van der Waals surface area (Å²) in [5.41, 5.74) is -5.35. The Morgan fingerprint density at radius 3 is 2.07 bits per heavy atom. The number of nitrogens with zero attached hydrogens (tertiary/aromatic N) is 1. The van der Waals surface area contributed by atoms with Crippen LogP contribution in [0.5, 0.6) is 0 Å². The van der Waals surface area contributed by atoms with Crippen LogP contribution in [0.15, 0.2) is 15.8 Å². The lowest BCUT2D eigenvalue weighted by Crippen LogP contribution is -2.53. The predicted molar refractivity (Wildman–Crippen MR) is 144 cm³/mol. The number of aliphatic hydroxyl groups is 1. The number of nitrogens with one attached hydrogen (secondary N) is 3. The molecule has 234 valence electrons. The first-order valence-electron chi connectivity index (χ1n) is 12.3. The highest BCUT2D eigenvalue weighted by molar-refractivity contribution is 8.10. The molecular weight excluding hydrogens is 620 g/mol. The van der Waals surface area contributed by atoms with Gasteiger partial charge < -0.3 is 23.8 Å². The van der Waals surface area contributed by atoms with Crippen molar-refractivity contribution < 1.29 is 46.6 Å². The number of carbonyl (C=O) groups is 2. The molecule has 0 unspecified atom stereocenters. The van der Waals surface area contributed by atoms with Crippen LogP contribution < -0.4 is 21.4 Å². The SMILES string of the molecule is CC(C)OC(=O)[C@H](C)NP(=S)(N[C@@H](C)C(=O)OC(C)C)OC[C@@]1(C(F)F)O[C@@H](n2cc(Cl)c(=O)[nH]c2=O)[C@@H](F)[C@@H]1O. The Balaban J connectivity index is 2.42. The fourth-order valence-corrected chi connectivity index (χ4v) is 6.69. The smallest absolute Gasteiger partial charge is 0.330 e. The molecule has 41 heavy (non-hydrogen) atoms. The maximum absolute atomic E-state index is 15.2. The summed E-state index contributed by atoms with van der Waals surface area (Å²) in [5.74, 6) is -1.56. The molecule has 0 aliphatic carbocycles. The van der Waals surface area contributed by atoms with Crippen molar-refractivity contribution in [3.05, 3.63) is 32.1 Å². The van der Waals surface area contributed by atoms with Crippen molar-refractivity contribution in [2.45, 2.75) is 96.4 Å². The summed E-state index contributed by atoms with van der Waals surface area (Å²) in [5, 5.41) is 15.3. The van der Waals surface area contributed by atoms with Crippen LogP contribution in [0.1, 0.15) is 47.8 Å². The first-order valence-corrected chi connectivity index (χ1v) is 15.4. The number of esters is 2. The maximum atomic E-state index is 15.2. The molecule has 0 saturated carbocycles. The number of ether oxygens (including phenoxy) is 3. The number of hydrogen-bond acceptors (Lipinski definition) is 10. The van der Waals surface area contributed by atoms with Gasteiger partial charge in [-0.05, 0) is 53.3 Å². The largest absolute Gasteiger partial charge is 0.462 e. The third-order valence-corrected chi connectivity index (χ3v) is 8.76. The minimum atomic E-state index is -3.88. The molecule has 6 atom stereocenters. The zero-order chi connectivity index (χ0) is 31.4. The normalized spacial score (nSPS) is 24.6. The lowest BCUT2D eigenvalue weighted by Gasteiger charge is -2.35. The lowest BCUT2D eigenvalue weighted by molar-refractivity contribution is -0.191. The molecule has 1 aliphatic heterocycles. The Bertz CT molecular complexity index is 1240. The van der Waals surface area contributed by atoms with Crippen LogP contribution in [0.25, 0.3) is 0 Å². The summed E-state index contributed by atoms with van der Waals surface area (Å²) in [4.78, 5) is 50.4. The Morgan fingerprint density at radius 2 is 1.63 bits per heavy atom. The van der Waals surface area contributed by atoms with Crippen molar-refractivity contribution in [2.75, 3.05) is 6.61 Å². The van der Waals surface area contributed by atoms with E-state index in [0.29, 0.717) is 10.8 Å². The Kier molecular flexibility index (Phi) is 12.1. The molecular formula is C22H33ClF3N4O9PS. The molecule has 1 aliphatic rings. The van der Waals surface area contributed by atoms with E-state index in [0.717, 1.165) is 0 Å². The molecule has 0 radical (unpaired) electrons. The molecule has 1 saturated heterocycles. The molecule has 0 amide bonds. The predicted octanol–water partition coefficient (Wildman–Crippen LogP) is 1.52. The van der Waals surface area contributed by atoms with E-state index in [2.05, 4.69) is 10.2 Å². The average molecular weight is 653 g/mol. The van der Waals surface area contributed by atoms with Crippen molar-refractivity contribution in [2.24, 2.45) is 0 Å². The number of carbonyl (C=O) groups excluding carboxylic acids is 2. The second kappa shape index (κ2) is 14.1. The van der Waals surface area contributed by atoms with Gasteiger partial charge in [-0.25, -0.2) is 28.1 Å². The monoisotopic (exact) mass is 652 g/mol. The van der Waals surface area contributed by atoms with Crippen molar-refractivity contribution in [3.8, 4) is 0 Å². The zero-order valence-electron chi connectivity index (χ0n) is 22.9. The average Bonchev–Trinajstić information content (AvgIpc) is 3.10. The van der Waals surface area contributed by atoms with Crippen LogP contribution in [0.4, 0.5) is 13.2 Å². The van der Waals surface area contributed by atoms with E-state index in [9.17, 15) is 33.1 Å². The first kappa shape index (κ1) is 35.3. The summed E-state index contributed by atoms with van der Waals surface area (Å²) in [7, 11) is 0. The Hall–Kier alpha value is -1.85. The Labute approximate surface area is 243 Å². The summed E-state index contributed by atoms with van der Waals surface area (Å²) in [6, 6.07) is -2.35. The van der Waals surface area contributed by atoms with Crippen molar-refractivity contribution in [1.82, 2.24) is 19.7 Å². The molecule has 19 heteroatoms. The minimum absolute atomic E-state index is 0.405. The topological polar surface area (TPSA) is 170 Å². The lowest BCUT2D eigenvalue weighted by atomic mass is 9.97. The van der Waals surface area contributed by atoms with Gasteiger partial charge in [-0.3, -0.25) is 23.9 Å². The van der Waals surface area contributed by atoms with E-state index in [4.69, 9.17) is 42.1 Å². The number of rotatable bonds is 13. The molecule has 1 fully saturated rings. The highest BCUT2D eigenvalue weighted by Gasteiger charge is 2.62. The highest BCUT2D eigenvalue weighted by atomic mass is 35.5. The molecule has 13 nitrogen and oxygen atoms in total. The molecule has 2 rings (SSSR count). The van der Waals surface area contributed by atoms with Gasteiger partial charge in [0.05, 0.1) is 18.8 Å². The highest BCUT2D eigenvalue weighted by Crippen LogP contribution is 2.47. The third-order valence-electron chi connectivity index (χ3n) is 5.59. The van der Waals surface area contributed by atoms with Gasteiger partial charge in [0.1, 0.15) is 23.2 Å². The van der Waals surface area contributed by atoms with Gasteiger partial charge in [-0.15, -0.1) is 0 Å². The van der Waals surface area contributed by atoms with Crippen LogP contribution >= 0.6 is 18.2 Å². The summed E-state index contributed by atoms with van der Waals surface area (Å²) >= 11 is 11.2. The van der Waals surface area contributed by atoms with E-state index in [1.807, 2.05) is 0 Å². The van der Waals surface area contributed by atoms with Crippen LogP contribution in [0.3, 0.4) is 0 Å². The van der Waals surface area contributed by atoms with Crippen LogP contribution in [-0.4, -0.2) is 81.8 Å². The van der Waals surface area contributed by atoms with Crippen LogP contribution in [-0.2, 0) is 40.1 Å². The van der Waals surface area contributed by atoms with Gasteiger partial charge in [0, 0.05) is 6.20 Å². The summed E-state index contributed by atoms with van der Waals surface area (Å²) < 4.78 is 65.6. The fourth-order valence-electron chi connectivity index (χ4n) is 3.60. The van der Waals surface area contributed by atoms with E-state index >= 15 is 4.39 Å². The summed E-state index contributed by atoms with van der Waals surface area (Å²) in [6.07, 6.45) is -11.3. The van der Waals surface area contributed by atoms with Crippen molar-refractivity contribution in [3.63, 3.8) is 0 Å². The van der Waals surface area contributed by atoms with Crippen molar-refractivity contribution >= 4 is 41.9 Å². The van der Waals surface area contributed by atoms with E-state index < -0.39 is 96.2 Å².